The van der Waals surface area contributed by atoms with Gasteiger partial charge < -0.3 is 10.5 Å². The average molecular weight is 294 g/mol. The van der Waals surface area contributed by atoms with Crippen LogP contribution in [0.2, 0.25) is 0 Å². The van der Waals surface area contributed by atoms with Gasteiger partial charge in [0.2, 0.25) is 0 Å². The normalized spacial score (nSPS) is 10.8. The first-order valence-electron chi connectivity index (χ1n) is 6.30. The Morgan fingerprint density at radius 3 is 2.48 bits per heavy atom. The second-order valence-electron chi connectivity index (χ2n) is 4.39. The molecule has 0 fully saturated rings. The van der Waals surface area contributed by atoms with Crippen LogP contribution in [-0.4, -0.2) is 12.1 Å². The van der Waals surface area contributed by atoms with Gasteiger partial charge in [0.15, 0.2) is 0 Å². The lowest BCUT2D eigenvalue weighted by atomic mass is 10.0. The van der Waals surface area contributed by atoms with Crippen LogP contribution in [0.3, 0.4) is 0 Å². The number of hydrogen-bond donors (Lipinski definition) is 1. The van der Waals surface area contributed by atoms with Crippen molar-refractivity contribution in [2.24, 2.45) is 5.73 Å². The third kappa shape index (κ3) is 3.68. The summed E-state index contributed by atoms with van der Waals surface area (Å²) in [4.78, 5) is 0.104. The number of thiocarbonyl (C=S) groups is 1. The molecule has 0 amide bonds. The highest BCUT2D eigenvalue weighted by atomic mass is 32.1. The lowest BCUT2D eigenvalue weighted by molar-refractivity contribution is 0.415. The molecule has 0 aliphatic carbocycles. The zero-order valence-corrected chi connectivity index (χ0v) is 12.4. The van der Waals surface area contributed by atoms with E-state index in [1.54, 1.807) is 13.2 Å². The largest absolute Gasteiger partial charge is 0.497 e. The molecule has 2 aromatic carbocycles. The van der Waals surface area contributed by atoms with Gasteiger partial charge in [0.25, 0.3) is 0 Å². The minimum Gasteiger partial charge on any atom is -0.497 e. The molecular weight excluding hydrogens is 280 g/mol. The van der Waals surface area contributed by atoms with Crippen molar-refractivity contribution in [2.45, 2.75) is 0 Å². The van der Waals surface area contributed by atoms with E-state index >= 15 is 0 Å². The molecule has 0 saturated heterocycles. The molecule has 3 nitrogen and oxygen atoms in total. The molecule has 2 N–H and O–H groups in total. The topological polar surface area (TPSA) is 59.0 Å². The van der Waals surface area contributed by atoms with Crippen molar-refractivity contribution in [3.8, 4) is 22.9 Å². The predicted octanol–water partition coefficient (Wildman–Crippen LogP) is 3.56. The minimum atomic E-state index is 0.104. The standard InChI is InChI=1S/C17H14N2OS/c1-20-16-7-5-13(6-8-16)14-4-2-3-12(9-14)10-15(11-18)17(19)21/h2-10H,1H3,(H2,19,21). The zero-order chi connectivity index (χ0) is 15.2. The van der Waals surface area contributed by atoms with E-state index < -0.39 is 0 Å². The van der Waals surface area contributed by atoms with E-state index in [4.69, 9.17) is 28.0 Å². The van der Waals surface area contributed by atoms with Gasteiger partial charge in [0, 0.05) is 0 Å². The second-order valence-corrected chi connectivity index (χ2v) is 4.83. The average Bonchev–Trinajstić information content (AvgIpc) is 2.52. The van der Waals surface area contributed by atoms with Crippen LogP contribution < -0.4 is 10.5 Å². The Morgan fingerprint density at radius 1 is 1.19 bits per heavy atom. The summed E-state index contributed by atoms with van der Waals surface area (Å²) in [5.41, 5.74) is 8.80. The quantitative estimate of drug-likeness (QED) is 0.532. The van der Waals surface area contributed by atoms with E-state index in [2.05, 4.69) is 0 Å². The summed E-state index contributed by atoms with van der Waals surface area (Å²) < 4.78 is 5.15. The van der Waals surface area contributed by atoms with Crippen molar-refractivity contribution < 1.29 is 4.74 Å². The van der Waals surface area contributed by atoms with Gasteiger partial charge in [-0.05, 0) is 41.0 Å². The number of nitriles is 1. The maximum Gasteiger partial charge on any atom is 0.118 e. The Hall–Kier alpha value is -2.64. The number of benzene rings is 2. The maximum atomic E-state index is 9.00. The van der Waals surface area contributed by atoms with Crippen molar-refractivity contribution in [1.82, 2.24) is 0 Å². The number of nitrogens with two attached hydrogens (primary N) is 1. The molecule has 0 heterocycles. The highest BCUT2D eigenvalue weighted by Crippen LogP contribution is 2.24. The van der Waals surface area contributed by atoms with Crippen LogP contribution in [0.25, 0.3) is 17.2 Å². The monoisotopic (exact) mass is 294 g/mol. The first-order valence-corrected chi connectivity index (χ1v) is 6.71. The highest BCUT2D eigenvalue weighted by molar-refractivity contribution is 7.80. The van der Waals surface area contributed by atoms with Crippen LogP contribution in [0.5, 0.6) is 5.75 Å². The number of rotatable bonds is 4. The van der Waals surface area contributed by atoms with E-state index in [9.17, 15) is 0 Å². The van der Waals surface area contributed by atoms with Crippen LogP contribution in [0.1, 0.15) is 5.56 Å². The van der Waals surface area contributed by atoms with Gasteiger partial charge in [-0.2, -0.15) is 5.26 Å². The van der Waals surface area contributed by atoms with Gasteiger partial charge in [-0.1, -0.05) is 42.5 Å². The fraction of sp³-hybridized carbons (Fsp3) is 0.0588. The van der Waals surface area contributed by atoms with E-state index in [-0.39, 0.29) is 4.99 Å². The molecule has 0 atom stereocenters. The van der Waals surface area contributed by atoms with Crippen LogP contribution >= 0.6 is 12.2 Å². The van der Waals surface area contributed by atoms with Crippen molar-refractivity contribution in [3.63, 3.8) is 0 Å². The fourth-order valence-electron chi connectivity index (χ4n) is 1.92. The molecule has 21 heavy (non-hydrogen) atoms. The zero-order valence-electron chi connectivity index (χ0n) is 11.5. The summed E-state index contributed by atoms with van der Waals surface area (Å²) in [6.45, 7) is 0. The Bertz CT molecular complexity index is 727. The summed E-state index contributed by atoms with van der Waals surface area (Å²) >= 11 is 4.84. The summed E-state index contributed by atoms with van der Waals surface area (Å²) in [6.07, 6.45) is 1.69. The van der Waals surface area contributed by atoms with Gasteiger partial charge in [-0.25, -0.2) is 0 Å². The molecule has 0 unspecified atom stereocenters. The lowest BCUT2D eigenvalue weighted by Gasteiger charge is -2.05. The molecule has 0 radical (unpaired) electrons. The number of ether oxygens (including phenoxy) is 1. The molecule has 0 aliphatic heterocycles. The molecular formula is C17H14N2OS. The number of methoxy groups -OCH3 is 1. The van der Waals surface area contributed by atoms with Crippen LogP contribution in [-0.2, 0) is 0 Å². The molecule has 0 bridgehead atoms. The van der Waals surface area contributed by atoms with Crippen molar-refractivity contribution >= 4 is 23.3 Å². The molecule has 2 aromatic rings. The summed E-state index contributed by atoms with van der Waals surface area (Å²) in [7, 11) is 1.64. The van der Waals surface area contributed by atoms with E-state index in [0.29, 0.717) is 5.57 Å². The van der Waals surface area contributed by atoms with Crippen LogP contribution in [0, 0.1) is 11.3 Å². The maximum absolute atomic E-state index is 9.00. The first-order chi connectivity index (χ1) is 10.1. The smallest absolute Gasteiger partial charge is 0.118 e. The Balaban J connectivity index is 2.37. The first kappa shape index (κ1) is 14.8. The third-order valence-electron chi connectivity index (χ3n) is 3.01. The van der Waals surface area contributed by atoms with Crippen molar-refractivity contribution in [3.05, 3.63) is 59.7 Å². The van der Waals surface area contributed by atoms with Gasteiger partial charge in [0.05, 0.1) is 12.7 Å². The molecule has 0 aromatic heterocycles. The lowest BCUT2D eigenvalue weighted by Crippen LogP contribution is -2.09. The summed E-state index contributed by atoms with van der Waals surface area (Å²) in [6, 6.07) is 17.6. The Morgan fingerprint density at radius 2 is 1.90 bits per heavy atom. The van der Waals surface area contributed by atoms with Crippen LogP contribution in [0.4, 0.5) is 0 Å². The SMILES string of the molecule is COc1ccc(-c2cccc(C=C(C#N)C(N)=S)c2)cc1. The summed E-state index contributed by atoms with van der Waals surface area (Å²) in [5, 5.41) is 9.00. The summed E-state index contributed by atoms with van der Waals surface area (Å²) in [5.74, 6) is 0.815. The van der Waals surface area contributed by atoms with E-state index in [1.807, 2.05) is 54.6 Å². The van der Waals surface area contributed by atoms with Crippen molar-refractivity contribution in [2.75, 3.05) is 7.11 Å². The molecule has 2 rings (SSSR count). The van der Waals surface area contributed by atoms with Gasteiger partial charge in [-0.3, -0.25) is 0 Å². The van der Waals surface area contributed by atoms with E-state index in [0.717, 1.165) is 22.4 Å². The van der Waals surface area contributed by atoms with Gasteiger partial charge >= 0.3 is 0 Å². The number of nitrogens with zero attached hydrogens (tertiary/aromatic N) is 1. The fourth-order valence-corrected chi connectivity index (χ4v) is 2.02. The molecule has 0 aliphatic rings. The van der Waals surface area contributed by atoms with Gasteiger partial charge in [-0.15, -0.1) is 0 Å². The van der Waals surface area contributed by atoms with Gasteiger partial charge in [0.1, 0.15) is 16.8 Å². The second kappa shape index (κ2) is 6.69. The third-order valence-corrected chi connectivity index (χ3v) is 3.23. The molecule has 4 heteroatoms. The Kier molecular flexibility index (Phi) is 4.70. The molecule has 104 valence electrons. The van der Waals surface area contributed by atoms with Crippen LogP contribution in [0.15, 0.2) is 54.1 Å². The Labute approximate surface area is 129 Å². The highest BCUT2D eigenvalue weighted by Gasteiger charge is 2.02. The number of hydrogen-bond acceptors (Lipinski definition) is 3. The molecule has 0 spiro atoms. The van der Waals surface area contributed by atoms with E-state index in [1.165, 1.54) is 0 Å². The van der Waals surface area contributed by atoms with Crippen molar-refractivity contribution in [1.29, 1.82) is 5.26 Å². The minimum absolute atomic E-state index is 0.104. The predicted molar refractivity (Wildman–Crippen MR) is 88.8 cm³/mol. The molecule has 0 saturated carbocycles.